The summed E-state index contributed by atoms with van der Waals surface area (Å²) in [5.41, 5.74) is 7.35. The molecule has 112 valence electrons. The molecule has 0 aliphatic rings. The highest BCUT2D eigenvalue weighted by Crippen LogP contribution is 2.20. The average Bonchev–Trinajstić information content (AvgIpc) is 2.42. The minimum atomic E-state index is 0.262. The van der Waals surface area contributed by atoms with Crippen LogP contribution < -0.4 is 5.73 Å². The van der Waals surface area contributed by atoms with Gasteiger partial charge in [0.2, 0.25) is 0 Å². The van der Waals surface area contributed by atoms with Crippen molar-refractivity contribution < 1.29 is 4.74 Å². The third-order valence-electron chi connectivity index (χ3n) is 3.33. The van der Waals surface area contributed by atoms with Gasteiger partial charge in [-0.05, 0) is 25.0 Å². The van der Waals surface area contributed by atoms with Crippen LogP contribution >= 0.6 is 23.8 Å². The van der Waals surface area contributed by atoms with Crippen LogP contribution in [0, 0.1) is 0 Å². The van der Waals surface area contributed by atoms with E-state index in [9.17, 15) is 0 Å². The number of thiocarbonyl (C=S) groups is 1. The lowest BCUT2D eigenvalue weighted by atomic mass is 10.1. The van der Waals surface area contributed by atoms with Gasteiger partial charge in [0.1, 0.15) is 4.99 Å². The van der Waals surface area contributed by atoms with E-state index < -0.39 is 0 Å². The topological polar surface area (TPSA) is 35.2 Å². The normalized spacial score (nSPS) is 12.3. The Balaban J connectivity index is 2.39. The lowest BCUT2D eigenvalue weighted by Crippen LogP contribution is -2.10. The summed E-state index contributed by atoms with van der Waals surface area (Å²) in [5, 5.41) is 0.661. The van der Waals surface area contributed by atoms with Gasteiger partial charge < -0.3 is 10.5 Å². The Labute approximate surface area is 132 Å². The molecule has 1 rings (SSSR count). The van der Waals surface area contributed by atoms with Crippen LogP contribution in [0.3, 0.4) is 0 Å². The number of halogens is 1. The zero-order valence-corrected chi connectivity index (χ0v) is 13.9. The van der Waals surface area contributed by atoms with Crippen LogP contribution in [-0.2, 0) is 11.3 Å². The molecule has 0 spiro atoms. The Kier molecular flexibility index (Phi) is 8.12. The molecule has 1 unspecified atom stereocenters. The number of rotatable bonds is 9. The van der Waals surface area contributed by atoms with Crippen molar-refractivity contribution in [3.05, 3.63) is 34.3 Å². The Morgan fingerprint density at radius 3 is 2.70 bits per heavy atom. The van der Waals surface area contributed by atoms with Gasteiger partial charge in [0.05, 0.1) is 12.7 Å². The summed E-state index contributed by atoms with van der Waals surface area (Å²) in [5.74, 6) is 0. The predicted molar refractivity (Wildman–Crippen MR) is 90.3 cm³/mol. The van der Waals surface area contributed by atoms with E-state index in [1.165, 1.54) is 25.7 Å². The number of benzene rings is 1. The first-order valence-corrected chi connectivity index (χ1v) is 8.03. The molecule has 0 fully saturated rings. The molecule has 20 heavy (non-hydrogen) atoms. The maximum atomic E-state index is 6.21. The Hall–Kier alpha value is -0.640. The Bertz CT molecular complexity index is 436. The van der Waals surface area contributed by atoms with Crippen molar-refractivity contribution in [1.29, 1.82) is 0 Å². The maximum Gasteiger partial charge on any atom is 0.104 e. The summed E-state index contributed by atoms with van der Waals surface area (Å²) in [4.78, 5) is 0.365. The molecule has 1 aromatic carbocycles. The highest BCUT2D eigenvalue weighted by Gasteiger charge is 2.07. The molecule has 2 nitrogen and oxygen atoms in total. The Morgan fingerprint density at radius 2 is 2.10 bits per heavy atom. The lowest BCUT2D eigenvalue weighted by Gasteiger charge is -2.14. The largest absolute Gasteiger partial charge is 0.389 e. The molecular formula is C16H24ClNOS. The van der Waals surface area contributed by atoms with Crippen LogP contribution in [0.2, 0.25) is 5.02 Å². The van der Waals surface area contributed by atoms with Crippen molar-refractivity contribution in [2.75, 3.05) is 0 Å². The molecule has 4 heteroatoms. The van der Waals surface area contributed by atoms with E-state index in [1.807, 2.05) is 12.1 Å². The Morgan fingerprint density at radius 1 is 1.35 bits per heavy atom. The van der Waals surface area contributed by atoms with Crippen LogP contribution in [0.25, 0.3) is 0 Å². The van der Waals surface area contributed by atoms with Gasteiger partial charge in [-0.25, -0.2) is 0 Å². The second-order valence-corrected chi connectivity index (χ2v) is 5.99. The smallest absolute Gasteiger partial charge is 0.104 e. The van der Waals surface area contributed by atoms with E-state index >= 15 is 0 Å². The van der Waals surface area contributed by atoms with Crippen molar-refractivity contribution in [1.82, 2.24) is 0 Å². The van der Waals surface area contributed by atoms with Crippen LogP contribution in [0.1, 0.15) is 57.1 Å². The van der Waals surface area contributed by atoms with Crippen LogP contribution in [0.4, 0.5) is 0 Å². The summed E-state index contributed by atoms with van der Waals surface area (Å²) in [6.45, 7) is 4.87. The van der Waals surface area contributed by atoms with Crippen molar-refractivity contribution in [3.8, 4) is 0 Å². The fourth-order valence-electron chi connectivity index (χ4n) is 1.99. The zero-order valence-electron chi connectivity index (χ0n) is 12.3. The lowest BCUT2D eigenvalue weighted by molar-refractivity contribution is 0.0459. The molecule has 1 aromatic rings. The molecule has 2 N–H and O–H groups in total. The first kappa shape index (κ1) is 17.4. The first-order chi connectivity index (χ1) is 9.54. The van der Waals surface area contributed by atoms with E-state index in [2.05, 4.69) is 13.8 Å². The number of hydrogen-bond donors (Lipinski definition) is 1. The van der Waals surface area contributed by atoms with E-state index in [-0.39, 0.29) is 6.10 Å². The SMILES string of the molecule is CCCCCCC(C)OCc1ccc(C(N)=S)cc1Cl. The summed E-state index contributed by atoms with van der Waals surface area (Å²) in [7, 11) is 0. The van der Waals surface area contributed by atoms with E-state index in [0.717, 1.165) is 17.5 Å². The molecule has 0 saturated carbocycles. The second-order valence-electron chi connectivity index (χ2n) is 5.14. The monoisotopic (exact) mass is 313 g/mol. The molecule has 0 heterocycles. The van der Waals surface area contributed by atoms with E-state index in [4.69, 9.17) is 34.3 Å². The standard InChI is InChI=1S/C16H24ClNOS/c1-3-4-5-6-7-12(2)19-11-14-9-8-13(16(18)20)10-15(14)17/h8-10,12H,3-7,11H2,1-2H3,(H2,18,20). The molecule has 0 bridgehead atoms. The van der Waals surface area contributed by atoms with Gasteiger partial charge >= 0.3 is 0 Å². The first-order valence-electron chi connectivity index (χ1n) is 7.24. The third kappa shape index (κ3) is 6.21. The van der Waals surface area contributed by atoms with Crippen LogP contribution in [-0.4, -0.2) is 11.1 Å². The number of hydrogen-bond acceptors (Lipinski definition) is 2. The quantitative estimate of drug-likeness (QED) is 0.523. The van der Waals surface area contributed by atoms with Gasteiger partial charge in [0.15, 0.2) is 0 Å². The molecule has 0 aromatic heterocycles. The number of nitrogens with two attached hydrogens (primary N) is 1. The van der Waals surface area contributed by atoms with Gasteiger partial charge in [-0.3, -0.25) is 0 Å². The number of ether oxygens (including phenoxy) is 1. The zero-order chi connectivity index (χ0) is 15.0. The van der Waals surface area contributed by atoms with Crippen molar-refractivity contribution >= 4 is 28.8 Å². The van der Waals surface area contributed by atoms with Crippen molar-refractivity contribution in [2.45, 2.75) is 58.7 Å². The van der Waals surface area contributed by atoms with Crippen LogP contribution in [0.15, 0.2) is 18.2 Å². The fraction of sp³-hybridized carbons (Fsp3) is 0.562. The summed E-state index contributed by atoms with van der Waals surface area (Å²) in [6.07, 6.45) is 6.44. The van der Waals surface area contributed by atoms with Crippen LogP contribution in [0.5, 0.6) is 0 Å². The molecule has 0 saturated heterocycles. The predicted octanol–water partition coefficient (Wildman–Crippen LogP) is 4.85. The maximum absolute atomic E-state index is 6.21. The summed E-state index contributed by atoms with van der Waals surface area (Å²) < 4.78 is 5.84. The summed E-state index contributed by atoms with van der Waals surface area (Å²) in [6, 6.07) is 5.62. The van der Waals surface area contributed by atoms with Gasteiger partial charge in [0, 0.05) is 10.6 Å². The van der Waals surface area contributed by atoms with E-state index in [0.29, 0.717) is 16.6 Å². The van der Waals surface area contributed by atoms with Crippen molar-refractivity contribution in [2.24, 2.45) is 5.73 Å². The fourth-order valence-corrected chi connectivity index (χ4v) is 2.35. The van der Waals surface area contributed by atoms with Gasteiger partial charge in [-0.1, -0.05) is 68.6 Å². The van der Waals surface area contributed by atoms with Gasteiger partial charge in [-0.15, -0.1) is 0 Å². The van der Waals surface area contributed by atoms with Gasteiger partial charge in [-0.2, -0.15) is 0 Å². The van der Waals surface area contributed by atoms with Crippen molar-refractivity contribution in [3.63, 3.8) is 0 Å². The molecule has 0 aliphatic carbocycles. The molecule has 0 radical (unpaired) electrons. The minimum Gasteiger partial charge on any atom is -0.389 e. The average molecular weight is 314 g/mol. The molecule has 0 aliphatic heterocycles. The molecule has 0 amide bonds. The van der Waals surface area contributed by atoms with Gasteiger partial charge in [0.25, 0.3) is 0 Å². The molecule has 1 atom stereocenters. The highest BCUT2D eigenvalue weighted by molar-refractivity contribution is 7.80. The highest BCUT2D eigenvalue weighted by atomic mass is 35.5. The second kappa shape index (κ2) is 9.32. The number of unbranched alkanes of at least 4 members (excludes halogenated alkanes) is 3. The van der Waals surface area contributed by atoms with E-state index in [1.54, 1.807) is 6.07 Å². The third-order valence-corrected chi connectivity index (χ3v) is 3.91. The minimum absolute atomic E-state index is 0.262. The molecular weight excluding hydrogens is 290 g/mol. The summed E-state index contributed by atoms with van der Waals surface area (Å²) >= 11 is 11.1.